The molecule has 0 bridgehead atoms. The molecular formula is C13H15N3OS2. The Morgan fingerprint density at radius 2 is 2.21 bits per heavy atom. The molecule has 3 N–H and O–H groups in total. The van der Waals surface area contributed by atoms with Crippen molar-refractivity contribution in [3.63, 3.8) is 0 Å². The summed E-state index contributed by atoms with van der Waals surface area (Å²) >= 11 is 6.49. The molecule has 2 aromatic rings. The van der Waals surface area contributed by atoms with Crippen molar-refractivity contribution < 1.29 is 4.79 Å². The summed E-state index contributed by atoms with van der Waals surface area (Å²) in [5.41, 5.74) is 9.08. The van der Waals surface area contributed by atoms with Crippen LogP contribution in [0.2, 0.25) is 0 Å². The van der Waals surface area contributed by atoms with Gasteiger partial charge in [-0.25, -0.2) is 4.98 Å². The number of nitrogens with one attached hydrogen (secondary N) is 1. The fraction of sp³-hybridized carbons (Fsp3) is 0.308. The number of amides is 1. The van der Waals surface area contributed by atoms with Gasteiger partial charge in [-0.2, -0.15) is 0 Å². The van der Waals surface area contributed by atoms with Crippen LogP contribution in [0.25, 0.3) is 10.2 Å². The number of nitrogens with two attached hydrogens (primary N) is 1. The average molecular weight is 293 g/mol. The monoisotopic (exact) mass is 293 g/mol. The number of carbonyl (C=O) groups is 1. The second-order valence-corrected chi connectivity index (χ2v) is 6.01. The fourth-order valence-corrected chi connectivity index (χ4v) is 3.01. The van der Waals surface area contributed by atoms with E-state index in [9.17, 15) is 4.79 Å². The van der Waals surface area contributed by atoms with Gasteiger partial charge < -0.3 is 11.1 Å². The minimum Gasteiger partial charge on any atom is -0.393 e. The largest absolute Gasteiger partial charge is 0.393 e. The molecule has 0 fully saturated rings. The van der Waals surface area contributed by atoms with Crippen molar-refractivity contribution in [1.82, 2.24) is 4.98 Å². The highest BCUT2D eigenvalue weighted by molar-refractivity contribution is 7.80. The highest BCUT2D eigenvalue weighted by atomic mass is 32.1. The molecule has 1 aromatic carbocycles. The predicted octanol–water partition coefficient (Wildman–Crippen LogP) is 2.79. The zero-order chi connectivity index (χ0) is 14.0. The van der Waals surface area contributed by atoms with Crippen LogP contribution in [0.15, 0.2) is 23.7 Å². The van der Waals surface area contributed by atoms with E-state index < -0.39 is 5.92 Å². The summed E-state index contributed by atoms with van der Waals surface area (Å²) in [6.07, 6.45) is 0. The summed E-state index contributed by atoms with van der Waals surface area (Å²) in [7, 11) is 0. The Balaban J connectivity index is 2.19. The molecule has 1 heterocycles. The van der Waals surface area contributed by atoms with Gasteiger partial charge in [0.1, 0.15) is 0 Å². The summed E-state index contributed by atoms with van der Waals surface area (Å²) in [4.78, 5) is 16.6. The number of fused-ring (bicyclic) bond motifs is 1. The zero-order valence-electron chi connectivity index (χ0n) is 10.7. The molecule has 2 rings (SSSR count). The molecule has 1 amide bonds. The van der Waals surface area contributed by atoms with Crippen LogP contribution in [-0.4, -0.2) is 15.9 Å². The van der Waals surface area contributed by atoms with Crippen molar-refractivity contribution in [3.8, 4) is 0 Å². The van der Waals surface area contributed by atoms with E-state index in [-0.39, 0.29) is 16.8 Å². The second-order valence-electron chi connectivity index (χ2n) is 4.65. The van der Waals surface area contributed by atoms with Gasteiger partial charge in [-0.3, -0.25) is 4.79 Å². The first kappa shape index (κ1) is 13.9. The van der Waals surface area contributed by atoms with Crippen molar-refractivity contribution in [2.45, 2.75) is 13.8 Å². The summed E-state index contributed by atoms with van der Waals surface area (Å²) in [5.74, 6) is -0.539. The van der Waals surface area contributed by atoms with E-state index in [0.29, 0.717) is 0 Å². The molecule has 0 radical (unpaired) electrons. The first-order chi connectivity index (χ1) is 8.99. The third-order valence-electron chi connectivity index (χ3n) is 2.85. The molecule has 1 aromatic heterocycles. The van der Waals surface area contributed by atoms with Gasteiger partial charge in [-0.05, 0) is 24.1 Å². The number of carbonyl (C=O) groups excluding carboxylic acids is 1. The van der Waals surface area contributed by atoms with Crippen molar-refractivity contribution in [2.75, 3.05) is 5.32 Å². The van der Waals surface area contributed by atoms with Crippen LogP contribution in [0.1, 0.15) is 13.8 Å². The summed E-state index contributed by atoms with van der Waals surface area (Å²) in [6, 6.07) is 5.62. The zero-order valence-corrected chi connectivity index (χ0v) is 12.3. The van der Waals surface area contributed by atoms with Crippen LogP contribution in [0.4, 0.5) is 5.69 Å². The molecule has 0 aliphatic rings. The lowest BCUT2D eigenvalue weighted by molar-refractivity contribution is -0.118. The van der Waals surface area contributed by atoms with Gasteiger partial charge in [0, 0.05) is 5.69 Å². The van der Waals surface area contributed by atoms with E-state index in [4.69, 9.17) is 18.0 Å². The van der Waals surface area contributed by atoms with Crippen LogP contribution in [0, 0.1) is 11.8 Å². The minimum atomic E-state index is -0.452. The molecule has 0 saturated heterocycles. The van der Waals surface area contributed by atoms with Gasteiger partial charge in [-0.15, -0.1) is 11.3 Å². The lowest BCUT2D eigenvalue weighted by atomic mass is 9.95. The number of thiazole rings is 1. The minimum absolute atomic E-state index is 0.0737. The molecular weight excluding hydrogens is 278 g/mol. The van der Waals surface area contributed by atoms with Gasteiger partial charge in [-0.1, -0.05) is 26.1 Å². The fourth-order valence-electron chi connectivity index (χ4n) is 1.91. The number of thiocarbonyl (C=S) groups is 1. The van der Waals surface area contributed by atoms with Crippen molar-refractivity contribution in [1.29, 1.82) is 0 Å². The Morgan fingerprint density at radius 1 is 1.47 bits per heavy atom. The smallest absolute Gasteiger partial charge is 0.234 e. The Morgan fingerprint density at radius 3 is 2.84 bits per heavy atom. The Hall–Kier alpha value is -1.53. The maximum Gasteiger partial charge on any atom is 0.234 e. The van der Waals surface area contributed by atoms with Gasteiger partial charge >= 0.3 is 0 Å². The predicted molar refractivity (Wildman–Crippen MR) is 83.4 cm³/mol. The van der Waals surface area contributed by atoms with E-state index >= 15 is 0 Å². The van der Waals surface area contributed by atoms with Crippen LogP contribution in [0.3, 0.4) is 0 Å². The lowest BCUT2D eigenvalue weighted by Gasteiger charge is -2.18. The number of hydrogen-bond acceptors (Lipinski definition) is 4. The maximum atomic E-state index is 12.2. The van der Waals surface area contributed by atoms with Gasteiger partial charge in [0.15, 0.2) is 0 Å². The number of benzene rings is 1. The first-order valence-electron chi connectivity index (χ1n) is 5.92. The quantitative estimate of drug-likeness (QED) is 0.851. The van der Waals surface area contributed by atoms with E-state index in [1.165, 1.54) is 11.3 Å². The average Bonchev–Trinajstić information content (AvgIpc) is 2.74. The van der Waals surface area contributed by atoms with Crippen molar-refractivity contribution in [3.05, 3.63) is 23.7 Å². The number of anilines is 1. The van der Waals surface area contributed by atoms with E-state index in [0.717, 1.165) is 15.9 Å². The topological polar surface area (TPSA) is 68.0 Å². The van der Waals surface area contributed by atoms with Crippen molar-refractivity contribution in [2.24, 2.45) is 17.6 Å². The van der Waals surface area contributed by atoms with Gasteiger partial charge in [0.05, 0.1) is 26.6 Å². The molecule has 1 atom stereocenters. The van der Waals surface area contributed by atoms with E-state index in [2.05, 4.69) is 10.3 Å². The Bertz CT molecular complexity index is 621. The number of aromatic nitrogens is 1. The second kappa shape index (κ2) is 5.63. The van der Waals surface area contributed by atoms with Crippen LogP contribution in [-0.2, 0) is 4.79 Å². The van der Waals surface area contributed by atoms with Crippen molar-refractivity contribution >= 4 is 50.4 Å². The van der Waals surface area contributed by atoms with Crippen LogP contribution in [0.5, 0.6) is 0 Å². The van der Waals surface area contributed by atoms with Gasteiger partial charge in [0.2, 0.25) is 5.91 Å². The van der Waals surface area contributed by atoms with Crippen LogP contribution >= 0.6 is 23.6 Å². The molecule has 0 saturated carbocycles. The maximum absolute atomic E-state index is 12.2. The number of nitrogens with zero attached hydrogens (tertiary/aromatic N) is 1. The van der Waals surface area contributed by atoms with Gasteiger partial charge in [0.25, 0.3) is 0 Å². The number of hydrogen-bond donors (Lipinski definition) is 2. The number of rotatable bonds is 4. The van der Waals surface area contributed by atoms with Crippen LogP contribution < -0.4 is 11.1 Å². The standard InChI is InChI=1S/C13H15N3OS2/c1-7(2)11(12(14)18)13(17)16-8-3-4-9-10(5-8)19-6-15-9/h3-7,11H,1-2H3,(H2,14,18)(H,16,17). The molecule has 19 heavy (non-hydrogen) atoms. The molecule has 100 valence electrons. The third kappa shape index (κ3) is 3.08. The third-order valence-corrected chi connectivity index (χ3v) is 3.90. The highest BCUT2D eigenvalue weighted by Crippen LogP contribution is 2.23. The van der Waals surface area contributed by atoms with E-state index in [1.54, 1.807) is 5.51 Å². The molecule has 0 aliphatic heterocycles. The molecule has 0 spiro atoms. The Labute approximate surface area is 121 Å². The lowest BCUT2D eigenvalue weighted by Crippen LogP contribution is -2.36. The Kier molecular flexibility index (Phi) is 4.11. The SMILES string of the molecule is CC(C)C(C(=O)Nc1ccc2ncsc2c1)C(N)=S. The normalized spacial score (nSPS) is 12.6. The molecule has 1 unspecified atom stereocenters. The first-order valence-corrected chi connectivity index (χ1v) is 7.21. The molecule has 0 aliphatic carbocycles. The molecule has 6 heteroatoms. The summed E-state index contributed by atoms with van der Waals surface area (Å²) in [6.45, 7) is 3.85. The summed E-state index contributed by atoms with van der Waals surface area (Å²) < 4.78 is 1.04. The molecule has 4 nitrogen and oxygen atoms in total. The summed E-state index contributed by atoms with van der Waals surface area (Å²) in [5, 5.41) is 2.86. The van der Waals surface area contributed by atoms with E-state index in [1.807, 2.05) is 32.0 Å². The highest BCUT2D eigenvalue weighted by Gasteiger charge is 2.25.